The number of terminal acetylenes is 1. The molecule has 1 heterocycles. The maximum absolute atomic E-state index is 12.5. The van der Waals surface area contributed by atoms with E-state index in [2.05, 4.69) is 21.9 Å². The van der Waals surface area contributed by atoms with Crippen molar-refractivity contribution >= 4 is 27.8 Å². The van der Waals surface area contributed by atoms with Gasteiger partial charge in [0.05, 0.1) is 12.1 Å². The monoisotopic (exact) mass is 437 g/mol. The fraction of sp³-hybridized carbons (Fsp3) is 0.500. The number of aliphatic hydroxyl groups is 1. The largest absolute Gasteiger partial charge is 0.444 e. The maximum atomic E-state index is 12.5. The molecular formula is C20H24BrNO5. The van der Waals surface area contributed by atoms with Crippen LogP contribution in [0.3, 0.4) is 0 Å². The summed E-state index contributed by atoms with van der Waals surface area (Å²) in [7, 11) is 0. The van der Waals surface area contributed by atoms with Crippen LogP contribution >= 0.6 is 15.9 Å². The zero-order valence-electron chi connectivity index (χ0n) is 15.6. The molecule has 6 nitrogen and oxygen atoms in total. The lowest BCUT2D eigenvalue weighted by Gasteiger charge is -2.32. The Morgan fingerprint density at radius 1 is 1.41 bits per heavy atom. The Kier molecular flexibility index (Phi) is 7.04. The molecule has 3 atom stereocenters. The van der Waals surface area contributed by atoms with Crippen LogP contribution in [0, 0.1) is 12.3 Å². The van der Waals surface area contributed by atoms with Crippen molar-refractivity contribution < 1.29 is 24.2 Å². The Balaban J connectivity index is 2.03. The number of carbonyl (C=O) groups excluding carboxylic acids is 2. The number of aliphatic hydroxyl groups excluding tert-OH is 1. The summed E-state index contributed by atoms with van der Waals surface area (Å²) in [5.41, 5.74) is -0.222. The standard InChI is InChI=1S/C20H24BrNO5/c1-5-15-9-10-16(22(15)19(25)27-20(2,3)4)18(24)26-12-17(23)13-7-6-8-14(21)11-13/h1,6-8,11,15-16,18,24H,9-10,12H2,2-4H3. The molecule has 1 aromatic carbocycles. The van der Waals surface area contributed by atoms with Gasteiger partial charge in [-0.05, 0) is 45.7 Å². The summed E-state index contributed by atoms with van der Waals surface area (Å²) >= 11 is 3.31. The number of Topliss-reactive ketones (excluding diaryl/α,β-unsaturated/α-hetero) is 1. The lowest BCUT2D eigenvalue weighted by molar-refractivity contribution is -0.129. The van der Waals surface area contributed by atoms with E-state index >= 15 is 0 Å². The van der Waals surface area contributed by atoms with Gasteiger partial charge in [0.15, 0.2) is 12.1 Å². The van der Waals surface area contributed by atoms with E-state index in [4.69, 9.17) is 15.9 Å². The fourth-order valence-electron chi connectivity index (χ4n) is 2.88. The quantitative estimate of drug-likeness (QED) is 0.434. The van der Waals surface area contributed by atoms with E-state index in [0.29, 0.717) is 18.4 Å². The lowest BCUT2D eigenvalue weighted by atomic mass is 10.1. The zero-order chi connectivity index (χ0) is 20.2. The second-order valence-electron chi connectivity index (χ2n) is 7.35. The molecule has 0 aromatic heterocycles. The molecule has 1 fully saturated rings. The number of ether oxygens (including phenoxy) is 2. The number of nitrogens with zero attached hydrogens (tertiary/aromatic N) is 1. The molecule has 2 rings (SSSR count). The Bertz CT molecular complexity index is 737. The number of ketones is 1. The van der Waals surface area contributed by atoms with Gasteiger partial charge in [0.2, 0.25) is 0 Å². The predicted molar refractivity (Wildman–Crippen MR) is 104 cm³/mol. The molecule has 1 aliphatic heterocycles. The summed E-state index contributed by atoms with van der Waals surface area (Å²) in [6.07, 6.45) is 4.56. The Morgan fingerprint density at radius 3 is 2.70 bits per heavy atom. The van der Waals surface area contributed by atoms with Gasteiger partial charge in [-0.3, -0.25) is 9.69 Å². The molecule has 1 aromatic rings. The smallest absolute Gasteiger partial charge is 0.411 e. The van der Waals surface area contributed by atoms with Crippen LogP contribution in [0.15, 0.2) is 28.7 Å². The second kappa shape index (κ2) is 8.87. The third-order valence-electron chi connectivity index (χ3n) is 4.09. The Hall–Kier alpha value is -1.88. The molecule has 27 heavy (non-hydrogen) atoms. The second-order valence-corrected chi connectivity index (χ2v) is 8.27. The molecule has 1 amide bonds. The van der Waals surface area contributed by atoms with Gasteiger partial charge in [-0.1, -0.05) is 34.0 Å². The van der Waals surface area contributed by atoms with Crippen LogP contribution in [0.5, 0.6) is 0 Å². The first-order chi connectivity index (χ1) is 12.6. The van der Waals surface area contributed by atoms with E-state index < -0.39 is 30.1 Å². The minimum Gasteiger partial charge on any atom is -0.444 e. The number of benzene rings is 1. The van der Waals surface area contributed by atoms with E-state index in [-0.39, 0.29) is 12.4 Å². The van der Waals surface area contributed by atoms with Gasteiger partial charge in [-0.2, -0.15) is 0 Å². The first-order valence-corrected chi connectivity index (χ1v) is 9.47. The maximum Gasteiger partial charge on any atom is 0.411 e. The summed E-state index contributed by atoms with van der Waals surface area (Å²) in [5.74, 6) is 2.28. The minimum absolute atomic E-state index is 0.273. The van der Waals surface area contributed by atoms with Crippen LogP contribution in [-0.4, -0.2) is 52.5 Å². The highest BCUT2D eigenvalue weighted by atomic mass is 79.9. The molecular weight excluding hydrogens is 414 g/mol. The van der Waals surface area contributed by atoms with Gasteiger partial charge in [-0.25, -0.2) is 4.79 Å². The van der Waals surface area contributed by atoms with Crippen LogP contribution in [0.25, 0.3) is 0 Å². The zero-order valence-corrected chi connectivity index (χ0v) is 17.2. The van der Waals surface area contributed by atoms with Gasteiger partial charge in [0, 0.05) is 10.0 Å². The van der Waals surface area contributed by atoms with E-state index in [1.165, 1.54) is 4.90 Å². The van der Waals surface area contributed by atoms with Crippen LogP contribution in [-0.2, 0) is 9.47 Å². The molecule has 3 unspecified atom stereocenters. The van der Waals surface area contributed by atoms with Crippen molar-refractivity contribution in [2.45, 2.75) is 57.6 Å². The molecule has 0 bridgehead atoms. The normalized spacial score (nSPS) is 20.8. The van der Waals surface area contributed by atoms with Crippen molar-refractivity contribution in [2.75, 3.05) is 6.61 Å². The molecule has 0 radical (unpaired) electrons. The molecule has 1 N–H and O–H groups in total. The van der Waals surface area contributed by atoms with Gasteiger partial charge in [0.1, 0.15) is 12.2 Å². The molecule has 7 heteroatoms. The predicted octanol–water partition coefficient (Wildman–Crippen LogP) is 3.37. The summed E-state index contributed by atoms with van der Waals surface area (Å²) in [6, 6.07) is 5.74. The topological polar surface area (TPSA) is 76.1 Å². The van der Waals surface area contributed by atoms with Gasteiger partial charge >= 0.3 is 6.09 Å². The van der Waals surface area contributed by atoms with E-state index in [9.17, 15) is 14.7 Å². The summed E-state index contributed by atoms with van der Waals surface area (Å²) in [5, 5.41) is 10.4. The SMILES string of the molecule is C#CC1CCC(C(O)OCC(=O)c2cccc(Br)c2)N1C(=O)OC(C)(C)C. The Labute approximate surface area is 168 Å². The first kappa shape index (κ1) is 21.4. The molecule has 1 aliphatic rings. The van der Waals surface area contributed by atoms with Crippen LogP contribution in [0.1, 0.15) is 44.0 Å². The summed E-state index contributed by atoms with van der Waals surface area (Å²) in [4.78, 5) is 26.1. The number of carbonyl (C=O) groups is 2. The molecule has 0 spiro atoms. The number of hydrogen-bond donors (Lipinski definition) is 1. The van der Waals surface area contributed by atoms with Crippen LogP contribution in [0.2, 0.25) is 0 Å². The van der Waals surface area contributed by atoms with Gasteiger partial charge in [-0.15, -0.1) is 6.42 Å². The van der Waals surface area contributed by atoms with Crippen molar-refractivity contribution in [2.24, 2.45) is 0 Å². The third-order valence-corrected chi connectivity index (χ3v) is 4.58. The van der Waals surface area contributed by atoms with Crippen LogP contribution < -0.4 is 0 Å². The number of likely N-dealkylation sites (tertiary alicyclic amines) is 1. The van der Waals surface area contributed by atoms with E-state index in [0.717, 1.165) is 4.47 Å². The van der Waals surface area contributed by atoms with E-state index in [1.807, 2.05) is 6.07 Å². The summed E-state index contributed by atoms with van der Waals surface area (Å²) < 4.78 is 11.5. The molecule has 146 valence electrons. The highest BCUT2D eigenvalue weighted by Gasteiger charge is 2.42. The highest BCUT2D eigenvalue weighted by molar-refractivity contribution is 9.10. The first-order valence-electron chi connectivity index (χ1n) is 8.68. The molecule has 0 saturated carbocycles. The lowest BCUT2D eigenvalue weighted by Crippen LogP contribution is -2.49. The number of hydrogen-bond acceptors (Lipinski definition) is 5. The van der Waals surface area contributed by atoms with Gasteiger partial charge in [0.25, 0.3) is 0 Å². The highest BCUT2D eigenvalue weighted by Crippen LogP contribution is 2.29. The van der Waals surface area contributed by atoms with Crippen molar-refractivity contribution in [1.82, 2.24) is 4.90 Å². The molecule has 0 aliphatic carbocycles. The van der Waals surface area contributed by atoms with E-state index in [1.54, 1.807) is 39.0 Å². The van der Waals surface area contributed by atoms with Crippen molar-refractivity contribution in [3.63, 3.8) is 0 Å². The summed E-state index contributed by atoms with van der Waals surface area (Å²) in [6.45, 7) is 4.95. The Morgan fingerprint density at radius 2 is 2.11 bits per heavy atom. The number of halogens is 1. The minimum atomic E-state index is -1.34. The van der Waals surface area contributed by atoms with Crippen molar-refractivity contribution in [3.8, 4) is 12.3 Å². The number of amides is 1. The average Bonchev–Trinajstić information content (AvgIpc) is 3.02. The van der Waals surface area contributed by atoms with Gasteiger partial charge < -0.3 is 14.6 Å². The average molecular weight is 438 g/mol. The molecule has 1 saturated heterocycles. The van der Waals surface area contributed by atoms with Crippen molar-refractivity contribution in [1.29, 1.82) is 0 Å². The number of rotatable bonds is 5. The van der Waals surface area contributed by atoms with Crippen molar-refractivity contribution in [3.05, 3.63) is 34.3 Å². The fourth-order valence-corrected chi connectivity index (χ4v) is 3.28. The third kappa shape index (κ3) is 5.80. The van der Waals surface area contributed by atoms with Crippen LogP contribution in [0.4, 0.5) is 4.79 Å².